The van der Waals surface area contributed by atoms with Gasteiger partial charge >= 0.3 is 0 Å². The molecular weight excluding hydrogens is 188 g/mol. The SMILES string of the molecule is C[C@@H]1C=Cc2c(sc3ccccc23)C1. The third-order valence-corrected chi connectivity index (χ3v) is 4.02. The number of thiophene rings is 1. The van der Waals surface area contributed by atoms with Gasteiger partial charge < -0.3 is 0 Å². The molecule has 0 unspecified atom stereocenters. The molecule has 1 aliphatic carbocycles. The molecule has 1 heteroatoms. The van der Waals surface area contributed by atoms with Crippen LogP contribution in [0.3, 0.4) is 0 Å². The number of benzene rings is 1. The Labute approximate surface area is 87.9 Å². The lowest BCUT2D eigenvalue weighted by Crippen LogP contribution is -1.99. The zero-order chi connectivity index (χ0) is 9.54. The molecule has 1 atom stereocenters. The highest BCUT2D eigenvalue weighted by atomic mass is 32.1. The molecule has 3 rings (SSSR count). The molecule has 0 spiro atoms. The first-order valence-electron chi connectivity index (χ1n) is 5.03. The van der Waals surface area contributed by atoms with Crippen molar-refractivity contribution >= 4 is 27.5 Å². The first-order chi connectivity index (χ1) is 6.84. The van der Waals surface area contributed by atoms with Gasteiger partial charge in [0.2, 0.25) is 0 Å². The lowest BCUT2D eigenvalue weighted by Gasteiger charge is -2.10. The van der Waals surface area contributed by atoms with Crippen molar-refractivity contribution in [3.63, 3.8) is 0 Å². The summed E-state index contributed by atoms with van der Waals surface area (Å²) >= 11 is 1.95. The third-order valence-electron chi connectivity index (χ3n) is 2.81. The fraction of sp³-hybridized carbons (Fsp3) is 0.231. The second-order valence-electron chi connectivity index (χ2n) is 3.98. The van der Waals surface area contributed by atoms with Gasteiger partial charge in [-0.25, -0.2) is 0 Å². The zero-order valence-electron chi connectivity index (χ0n) is 8.16. The molecule has 0 amide bonds. The minimum atomic E-state index is 0.704. The Morgan fingerprint density at radius 2 is 2.14 bits per heavy atom. The smallest absolute Gasteiger partial charge is 0.0351 e. The van der Waals surface area contributed by atoms with Crippen LogP contribution in [0.1, 0.15) is 17.4 Å². The molecule has 1 aromatic carbocycles. The molecule has 2 aromatic rings. The molecule has 70 valence electrons. The van der Waals surface area contributed by atoms with Gasteiger partial charge in [-0.3, -0.25) is 0 Å². The second kappa shape index (κ2) is 2.96. The number of fused-ring (bicyclic) bond motifs is 3. The molecule has 0 fully saturated rings. The van der Waals surface area contributed by atoms with E-state index >= 15 is 0 Å². The first-order valence-corrected chi connectivity index (χ1v) is 5.85. The largest absolute Gasteiger partial charge is 0.140 e. The van der Waals surface area contributed by atoms with Crippen molar-refractivity contribution in [3.05, 3.63) is 40.8 Å². The minimum Gasteiger partial charge on any atom is -0.140 e. The number of hydrogen-bond acceptors (Lipinski definition) is 1. The highest BCUT2D eigenvalue weighted by molar-refractivity contribution is 7.19. The molecule has 0 N–H and O–H groups in total. The summed E-state index contributed by atoms with van der Waals surface area (Å²) in [7, 11) is 0. The Morgan fingerprint density at radius 1 is 1.29 bits per heavy atom. The lowest BCUT2D eigenvalue weighted by molar-refractivity contribution is 0.728. The average molecular weight is 200 g/mol. The van der Waals surface area contributed by atoms with Crippen molar-refractivity contribution in [2.24, 2.45) is 5.92 Å². The van der Waals surface area contributed by atoms with E-state index < -0.39 is 0 Å². The Bertz CT molecular complexity index is 505. The van der Waals surface area contributed by atoms with E-state index in [0.29, 0.717) is 5.92 Å². The molecule has 0 saturated heterocycles. The predicted molar refractivity (Wildman–Crippen MR) is 63.7 cm³/mol. The quantitative estimate of drug-likeness (QED) is 0.600. The summed E-state index contributed by atoms with van der Waals surface area (Å²) < 4.78 is 1.43. The van der Waals surface area contributed by atoms with Crippen LogP contribution in [0.5, 0.6) is 0 Å². The van der Waals surface area contributed by atoms with E-state index in [-0.39, 0.29) is 0 Å². The van der Waals surface area contributed by atoms with Crippen LogP contribution in [0.15, 0.2) is 30.3 Å². The summed E-state index contributed by atoms with van der Waals surface area (Å²) in [5, 5.41) is 1.43. The Balaban J connectivity index is 2.32. The summed E-state index contributed by atoms with van der Waals surface area (Å²) in [4.78, 5) is 1.56. The highest BCUT2D eigenvalue weighted by Crippen LogP contribution is 2.36. The van der Waals surface area contributed by atoms with Gasteiger partial charge in [0.15, 0.2) is 0 Å². The highest BCUT2D eigenvalue weighted by Gasteiger charge is 2.14. The van der Waals surface area contributed by atoms with Gasteiger partial charge in [0.1, 0.15) is 0 Å². The van der Waals surface area contributed by atoms with E-state index in [0.717, 1.165) is 0 Å². The molecule has 0 saturated carbocycles. The van der Waals surface area contributed by atoms with Crippen molar-refractivity contribution in [3.8, 4) is 0 Å². The van der Waals surface area contributed by atoms with Crippen LogP contribution in [-0.4, -0.2) is 0 Å². The summed E-state index contributed by atoms with van der Waals surface area (Å²) in [5.41, 5.74) is 1.46. The van der Waals surface area contributed by atoms with E-state index in [9.17, 15) is 0 Å². The van der Waals surface area contributed by atoms with Gasteiger partial charge in [0.25, 0.3) is 0 Å². The van der Waals surface area contributed by atoms with Crippen LogP contribution in [0.4, 0.5) is 0 Å². The van der Waals surface area contributed by atoms with Crippen LogP contribution in [0, 0.1) is 5.92 Å². The van der Waals surface area contributed by atoms with Crippen molar-refractivity contribution in [2.45, 2.75) is 13.3 Å². The maximum Gasteiger partial charge on any atom is 0.0351 e. The van der Waals surface area contributed by atoms with E-state index in [1.807, 2.05) is 11.3 Å². The van der Waals surface area contributed by atoms with E-state index in [4.69, 9.17) is 0 Å². The molecule has 0 bridgehead atoms. The summed E-state index contributed by atoms with van der Waals surface area (Å²) in [6.45, 7) is 2.28. The van der Waals surface area contributed by atoms with E-state index in [2.05, 4.69) is 43.3 Å². The van der Waals surface area contributed by atoms with Crippen molar-refractivity contribution in [1.82, 2.24) is 0 Å². The molecule has 0 radical (unpaired) electrons. The topological polar surface area (TPSA) is 0 Å². The van der Waals surface area contributed by atoms with Gasteiger partial charge in [-0.1, -0.05) is 37.3 Å². The molecule has 0 nitrogen and oxygen atoms in total. The molecular formula is C13H12S. The molecule has 1 aromatic heterocycles. The van der Waals surface area contributed by atoms with Crippen molar-refractivity contribution < 1.29 is 0 Å². The molecule has 1 aliphatic rings. The van der Waals surface area contributed by atoms with Crippen molar-refractivity contribution in [1.29, 1.82) is 0 Å². The van der Waals surface area contributed by atoms with Crippen LogP contribution in [0.2, 0.25) is 0 Å². The predicted octanol–water partition coefficient (Wildman–Crippen LogP) is 4.11. The zero-order valence-corrected chi connectivity index (χ0v) is 8.97. The van der Waals surface area contributed by atoms with E-state index in [1.54, 1.807) is 4.88 Å². The van der Waals surface area contributed by atoms with Gasteiger partial charge in [-0.15, -0.1) is 11.3 Å². The van der Waals surface area contributed by atoms with Gasteiger partial charge in [-0.05, 0) is 29.4 Å². The monoisotopic (exact) mass is 200 g/mol. The summed E-state index contributed by atoms with van der Waals surface area (Å²) in [5.74, 6) is 0.704. The first kappa shape index (κ1) is 8.25. The maximum absolute atomic E-state index is 2.32. The van der Waals surface area contributed by atoms with Gasteiger partial charge in [-0.2, -0.15) is 0 Å². The number of allylic oxidation sites excluding steroid dienone is 1. The molecule has 14 heavy (non-hydrogen) atoms. The standard InChI is InChI=1S/C13H12S/c1-9-6-7-11-10-4-2-3-5-12(10)14-13(11)8-9/h2-7,9H,8H2,1H3/t9-/m1/s1. The third kappa shape index (κ3) is 1.12. The number of rotatable bonds is 0. The van der Waals surface area contributed by atoms with E-state index in [1.165, 1.54) is 22.1 Å². The minimum absolute atomic E-state index is 0.704. The lowest BCUT2D eigenvalue weighted by atomic mass is 9.96. The van der Waals surface area contributed by atoms with Crippen LogP contribution in [0.25, 0.3) is 16.2 Å². The fourth-order valence-electron chi connectivity index (χ4n) is 2.07. The number of hydrogen-bond donors (Lipinski definition) is 0. The Hall–Kier alpha value is -1.08. The summed E-state index contributed by atoms with van der Waals surface area (Å²) in [6, 6.07) is 8.69. The molecule has 0 aliphatic heterocycles. The van der Waals surface area contributed by atoms with Gasteiger partial charge in [0.05, 0.1) is 0 Å². The normalized spacial score (nSPS) is 19.9. The van der Waals surface area contributed by atoms with Crippen molar-refractivity contribution in [2.75, 3.05) is 0 Å². The maximum atomic E-state index is 2.32. The average Bonchev–Trinajstić information content (AvgIpc) is 2.54. The summed E-state index contributed by atoms with van der Waals surface area (Å²) in [6.07, 6.45) is 5.83. The second-order valence-corrected chi connectivity index (χ2v) is 5.11. The Kier molecular flexibility index (Phi) is 1.74. The Morgan fingerprint density at radius 3 is 3.07 bits per heavy atom. The fourth-order valence-corrected chi connectivity index (χ4v) is 3.41. The molecule has 1 heterocycles. The van der Waals surface area contributed by atoms with Crippen LogP contribution >= 0.6 is 11.3 Å². The van der Waals surface area contributed by atoms with Gasteiger partial charge in [0, 0.05) is 9.58 Å². The van der Waals surface area contributed by atoms with Crippen LogP contribution < -0.4 is 0 Å². The van der Waals surface area contributed by atoms with Crippen LogP contribution in [-0.2, 0) is 6.42 Å².